The van der Waals surface area contributed by atoms with Crippen LogP contribution in [-0.2, 0) is 14.0 Å². The summed E-state index contributed by atoms with van der Waals surface area (Å²) in [6.07, 6.45) is -1.54. The maximum absolute atomic E-state index is 11.8. The molecule has 0 saturated carbocycles. The molecule has 0 aromatic rings. The van der Waals surface area contributed by atoms with Crippen LogP contribution in [-0.4, -0.2) is 53.4 Å². The van der Waals surface area contributed by atoms with Gasteiger partial charge in [0, 0.05) is 0 Å². The molecule has 0 aromatic carbocycles. The Morgan fingerprint density at radius 3 is 1.82 bits per heavy atom. The number of hydrazine groups is 2. The molecule has 0 bridgehead atoms. The summed E-state index contributed by atoms with van der Waals surface area (Å²) in [4.78, 5) is 23.5. The molecule has 2 aliphatic rings. The van der Waals surface area contributed by atoms with Crippen LogP contribution in [0.15, 0.2) is 0 Å². The molecule has 2 aliphatic heterocycles. The third kappa shape index (κ3) is 2.32. The molecule has 1 atom stereocenters. The van der Waals surface area contributed by atoms with Crippen LogP contribution in [0.25, 0.3) is 0 Å². The van der Waals surface area contributed by atoms with E-state index in [1.165, 1.54) is 0 Å². The van der Waals surface area contributed by atoms with Crippen molar-refractivity contribution < 1.29 is 23.6 Å². The van der Waals surface area contributed by atoms with Gasteiger partial charge < -0.3 is 9.47 Å². The smallest absolute Gasteiger partial charge is 0.426 e. The fraction of sp³-hybridized carbons (Fsp3) is 0.667. The van der Waals surface area contributed by atoms with Crippen molar-refractivity contribution >= 4 is 30.2 Å². The fourth-order valence-corrected chi connectivity index (χ4v) is 2.92. The quantitative estimate of drug-likeness (QED) is 0.744. The fourth-order valence-electron chi connectivity index (χ4n) is 1.52. The molecule has 0 radical (unpaired) electrons. The van der Waals surface area contributed by atoms with Crippen LogP contribution in [0.5, 0.6) is 0 Å². The second-order valence-corrected chi connectivity index (χ2v) is 6.19. The molecule has 2 rings (SSSR count). The van der Waals surface area contributed by atoms with Crippen LogP contribution >= 0.6 is 18.0 Å². The Hall–Kier alpha value is -1.02. The summed E-state index contributed by atoms with van der Waals surface area (Å²) in [6.45, 7) is -3.47. The van der Waals surface area contributed by atoms with Crippen molar-refractivity contribution in [1.29, 1.82) is 0 Å². The van der Waals surface area contributed by atoms with Crippen molar-refractivity contribution in [3.05, 3.63) is 0 Å². The molecular formula is C6H10ClN4O5P. The molecule has 0 spiro atoms. The molecule has 2 amide bonds. The Labute approximate surface area is 101 Å². The molecule has 0 aromatic heterocycles. The van der Waals surface area contributed by atoms with E-state index in [9.17, 15) is 14.2 Å². The number of carbonyl (C=O) groups is 2. The van der Waals surface area contributed by atoms with Gasteiger partial charge in [0.05, 0.1) is 13.1 Å². The molecule has 2 heterocycles. The van der Waals surface area contributed by atoms with Gasteiger partial charge in [0.15, 0.2) is 0 Å². The molecule has 9 nitrogen and oxygen atoms in total. The lowest BCUT2D eigenvalue weighted by molar-refractivity contribution is -0.0349. The Morgan fingerprint density at radius 1 is 1.18 bits per heavy atom. The average molecular weight is 285 g/mol. The minimum absolute atomic E-state index is 0.106. The summed E-state index contributed by atoms with van der Waals surface area (Å²) in [5.74, 6) is 0. The zero-order valence-electron chi connectivity index (χ0n) is 8.61. The van der Waals surface area contributed by atoms with Crippen molar-refractivity contribution in [2.45, 2.75) is 0 Å². The number of carbonyl (C=O) groups excluding carboxylic acids is 2. The minimum Gasteiger partial charge on any atom is -0.446 e. The van der Waals surface area contributed by atoms with Gasteiger partial charge in [-0.25, -0.2) is 19.6 Å². The van der Waals surface area contributed by atoms with Crippen LogP contribution in [0.4, 0.5) is 9.59 Å². The predicted molar refractivity (Wildman–Crippen MR) is 55.6 cm³/mol. The van der Waals surface area contributed by atoms with E-state index in [0.717, 1.165) is 14.9 Å². The molecule has 0 aliphatic carbocycles. The number of nitrogens with two attached hydrogens (primary N) is 1. The van der Waals surface area contributed by atoms with Crippen molar-refractivity contribution in [2.75, 3.05) is 26.3 Å². The monoisotopic (exact) mass is 284 g/mol. The zero-order chi connectivity index (χ0) is 12.6. The van der Waals surface area contributed by atoms with Gasteiger partial charge in [-0.15, -0.1) is 0 Å². The third-order valence-electron chi connectivity index (χ3n) is 2.15. The predicted octanol–water partition coefficient (Wildman–Crippen LogP) is 0.328. The summed E-state index contributed by atoms with van der Waals surface area (Å²) in [7, 11) is 0. The Kier molecular flexibility index (Phi) is 3.17. The second-order valence-electron chi connectivity index (χ2n) is 3.29. The highest BCUT2D eigenvalue weighted by molar-refractivity contribution is 7.85. The Morgan fingerprint density at radius 2 is 1.59 bits per heavy atom. The molecular weight excluding hydrogens is 275 g/mol. The first-order valence-electron chi connectivity index (χ1n) is 4.68. The molecule has 96 valence electrons. The van der Waals surface area contributed by atoms with Gasteiger partial charge in [-0.1, -0.05) is 0 Å². The molecule has 17 heavy (non-hydrogen) atoms. The summed E-state index contributed by atoms with van der Waals surface area (Å²) in [5, 5.41) is 1.83. The number of hydrogen-bond donors (Lipinski definition) is 1. The number of nitrogens with zero attached hydrogens (tertiary/aromatic N) is 3. The molecule has 2 saturated heterocycles. The number of ether oxygens (including phenoxy) is 2. The van der Waals surface area contributed by atoms with Crippen molar-refractivity contribution in [2.24, 2.45) is 5.50 Å². The summed E-state index contributed by atoms with van der Waals surface area (Å²) >= 11 is 5.55. The second kappa shape index (κ2) is 4.34. The van der Waals surface area contributed by atoms with E-state index in [0.29, 0.717) is 0 Å². The van der Waals surface area contributed by atoms with Crippen molar-refractivity contribution in [3.63, 3.8) is 0 Å². The van der Waals surface area contributed by atoms with Crippen LogP contribution < -0.4 is 5.50 Å². The summed E-state index contributed by atoms with van der Waals surface area (Å²) in [6, 6.07) is 0. The van der Waals surface area contributed by atoms with Gasteiger partial charge in [0.2, 0.25) is 0 Å². The van der Waals surface area contributed by atoms with E-state index < -0.39 is 19.0 Å². The molecule has 11 heteroatoms. The van der Waals surface area contributed by atoms with Crippen molar-refractivity contribution in [3.8, 4) is 0 Å². The molecule has 2 N–H and O–H groups in total. The number of amides is 2. The SMILES string of the molecule is NP(=O)(Cl)N(N1CCOC1=O)N1CCOC1=O. The highest BCUT2D eigenvalue weighted by atomic mass is 35.7. The molecule has 2 fully saturated rings. The summed E-state index contributed by atoms with van der Waals surface area (Å²) in [5.41, 5.74) is 5.31. The average Bonchev–Trinajstić information content (AvgIpc) is 2.77. The van der Waals surface area contributed by atoms with Gasteiger partial charge in [0.25, 0.3) is 0 Å². The minimum atomic E-state index is -3.89. The van der Waals surface area contributed by atoms with E-state index in [-0.39, 0.29) is 26.3 Å². The van der Waals surface area contributed by atoms with Gasteiger partial charge in [-0.2, -0.15) is 0 Å². The van der Waals surface area contributed by atoms with Gasteiger partial charge in [0.1, 0.15) is 13.2 Å². The summed E-state index contributed by atoms with van der Waals surface area (Å²) < 4.78 is 21.1. The number of rotatable bonds is 3. The Balaban J connectivity index is 2.28. The lowest BCUT2D eigenvalue weighted by atomic mass is 10.7. The van der Waals surface area contributed by atoms with Crippen LogP contribution in [0.2, 0.25) is 0 Å². The number of cyclic esters (lactones) is 2. The lowest BCUT2D eigenvalue weighted by Crippen LogP contribution is -2.52. The number of halogens is 1. The van der Waals surface area contributed by atoms with Crippen molar-refractivity contribution in [1.82, 2.24) is 14.9 Å². The van der Waals surface area contributed by atoms with Gasteiger partial charge >= 0.3 is 19.0 Å². The molecule has 1 unspecified atom stereocenters. The lowest BCUT2D eigenvalue weighted by Gasteiger charge is -2.34. The van der Waals surface area contributed by atoms with E-state index in [1.807, 2.05) is 0 Å². The number of hydrogen-bond acceptors (Lipinski definition) is 5. The highest BCUT2D eigenvalue weighted by Gasteiger charge is 2.45. The van der Waals surface area contributed by atoms with E-state index in [4.69, 9.17) is 16.7 Å². The van der Waals surface area contributed by atoms with E-state index in [1.54, 1.807) is 0 Å². The van der Waals surface area contributed by atoms with Crippen LogP contribution in [0.3, 0.4) is 0 Å². The zero-order valence-corrected chi connectivity index (χ0v) is 10.3. The van der Waals surface area contributed by atoms with Gasteiger partial charge in [-0.3, -0.25) is 10.1 Å². The first-order valence-corrected chi connectivity index (χ1v) is 7.32. The van der Waals surface area contributed by atoms with Crippen LogP contribution in [0.1, 0.15) is 0 Å². The first-order chi connectivity index (χ1) is 7.91. The largest absolute Gasteiger partial charge is 0.446 e. The topological polar surface area (TPSA) is 105 Å². The van der Waals surface area contributed by atoms with Gasteiger partial charge in [-0.05, 0) is 16.1 Å². The third-order valence-corrected chi connectivity index (χ3v) is 3.48. The Bertz CT molecular complexity index is 374. The first kappa shape index (κ1) is 12.4. The van der Waals surface area contributed by atoms with Crippen LogP contribution in [0, 0.1) is 0 Å². The van der Waals surface area contributed by atoms with E-state index >= 15 is 0 Å². The maximum atomic E-state index is 11.8. The normalized spacial score (nSPS) is 23.9. The van der Waals surface area contributed by atoms with E-state index in [2.05, 4.69) is 9.47 Å². The highest BCUT2D eigenvalue weighted by Crippen LogP contribution is 2.49. The standard InChI is InChI=1S/C6H10ClN4O5P/c7-17(8,14)11(9-1-3-15-5(9)12)10-2-4-16-6(10)13/h1-4H2,(H2,8,14). The maximum Gasteiger partial charge on any atom is 0.426 e.